The quantitative estimate of drug-likeness (QED) is 0.161. The van der Waals surface area contributed by atoms with Crippen molar-refractivity contribution in [2.45, 2.75) is 0 Å². The van der Waals surface area contributed by atoms with Crippen LogP contribution in [0.15, 0.2) is 194 Å². The van der Waals surface area contributed by atoms with Gasteiger partial charge in [0.05, 0.1) is 28.9 Å². The minimum absolute atomic E-state index is 0.0381. The van der Waals surface area contributed by atoms with Crippen LogP contribution < -0.4 is 0 Å². The van der Waals surface area contributed by atoms with Gasteiger partial charge in [-0.2, -0.15) is 0 Å². The molecule has 11 aromatic rings. The summed E-state index contributed by atoms with van der Waals surface area (Å²) in [6.07, 6.45) is 0. The van der Waals surface area contributed by atoms with E-state index in [1.54, 1.807) is 24.3 Å². The first-order valence-electron chi connectivity index (χ1n) is 24.1. The molecule has 0 bridgehead atoms. The third-order valence-corrected chi connectivity index (χ3v) is 9.94. The van der Waals surface area contributed by atoms with E-state index in [4.69, 9.17) is 25.9 Å². The zero-order chi connectivity index (χ0) is 47.6. The molecule has 0 aliphatic rings. The van der Waals surface area contributed by atoms with Crippen molar-refractivity contribution in [3.8, 4) is 62.1 Å². The highest BCUT2D eigenvalue weighted by atomic mass is 15.0. The second-order valence-electron chi connectivity index (χ2n) is 13.0. The Labute approximate surface area is 336 Å². The van der Waals surface area contributed by atoms with Gasteiger partial charge >= 0.3 is 0 Å². The largest absolute Gasteiger partial charge is 0.309 e. The molecule has 0 saturated heterocycles. The zero-order valence-corrected chi connectivity index (χ0v) is 28.8. The molecule has 11 rings (SSSR count). The van der Waals surface area contributed by atoms with Crippen LogP contribution in [0.2, 0.25) is 0 Å². The fraction of sp³-hybridized carbons (Fsp3) is 0. The van der Waals surface area contributed by atoms with Crippen molar-refractivity contribution in [2.75, 3.05) is 0 Å². The number of para-hydroxylation sites is 1. The van der Waals surface area contributed by atoms with Crippen molar-refractivity contribution in [1.29, 1.82) is 0 Å². The van der Waals surface area contributed by atoms with Gasteiger partial charge in [-0.25, -0.2) is 15.0 Å². The number of hydrogen-bond acceptors (Lipinski definition) is 3. The van der Waals surface area contributed by atoms with Gasteiger partial charge in [0.15, 0.2) is 17.5 Å². The van der Waals surface area contributed by atoms with Crippen LogP contribution in [0.1, 0.15) is 17.8 Å². The molecule has 0 fully saturated rings. The van der Waals surface area contributed by atoms with Gasteiger partial charge in [-0.05, 0) is 62.6 Å². The van der Waals surface area contributed by atoms with Crippen molar-refractivity contribution in [2.24, 2.45) is 0 Å². The molecule has 9 aromatic carbocycles. The average Bonchev–Trinajstić information content (AvgIpc) is 3.72. The first kappa shape index (κ1) is 20.7. The fourth-order valence-corrected chi connectivity index (χ4v) is 7.50. The summed E-state index contributed by atoms with van der Waals surface area (Å²) in [4.78, 5) is 15.0. The van der Waals surface area contributed by atoms with Crippen LogP contribution in [0.4, 0.5) is 0 Å². The van der Waals surface area contributed by atoms with Gasteiger partial charge in [-0.1, -0.05) is 170 Å². The van der Waals surface area contributed by atoms with E-state index in [1.165, 1.54) is 10.6 Å². The van der Waals surface area contributed by atoms with Crippen LogP contribution in [0.3, 0.4) is 0 Å². The Bertz CT molecular complexity index is 3910. The molecule has 0 aliphatic heterocycles. The molecule has 0 atom stereocenters. The van der Waals surface area contributed by atoms with E-state index in [-0.39, 0.29) is 55.2 Å². The molecular formula is C51H32N4. The normalized spacial score (nSPS) is 14.9. The van der Waals surface area contributed by atoms with Crippen LogP contribution in [-0.2, 0) is 0 Å². The predicted octanol–water partition coefficient (Wildman–Crippen LogP) is 13.0. The van der Waals surface area contributed by atoms with E-state index < -0.39 is 78.2 Å². The molecule has 256 valence electrons. The van der Waals surface area contributed by atoms with Crippen molar-refractivity contribution in [3.63, 3.8) is 0 Å². The van der Waals surface area contributed by atoms with Gasteiger partial charge < -0.3 is 4.57 Å². The lowest BCUT2D eigenvalue weighted by Crippen LogP contribution is -2.01. The third kappa shape index (κ3) is 5.03. The van der Waals surface area contributed by atoms with Crippen molar-refractivity contribution >= 4 is 43.4 Å². The number of aromatic nitrogens is 4. The molecule has 0 radical (unpaired) electrons. The van der Waals surface area contributed by atoms with Gasteiger partial charge in [0, 0.05) is 38.5 Å². The maximum Gasteiger partial charge on any atom is 0.164 e. The Kier molecular flexibility index (Phi) is 4.75. The Hall–Kier alpha value is -7.43. The number of fused-ring (bicyclic) bond motifs is 3. The molecule has 55 heavy (non-hydrogen) atoms. The van der Waals surface area contributed by atoms with Gasteiger partial charge in [0.25, 0.3) is 0 Å². The highest BCUT2D eigenvalue weighted by Gasteiger charge is 2.24. The molecule has 0 unspecified atom stereocenters. The molecular weight excluding hydrogens is 669 g/mol. The molecule has 0 N–H and O–H groups in total. The first-order valence-corrected chi connectivity index (χ1v) is 17.6. The molecule has 0 saturated carbocycles. The zero-order valence-electron chi connectivity index (χ0n) is 41.8. The lowest BCUT2D eigenvalue weighted by Gasteiger charge is -2.16. The highest BCUT2D eigenvalue weighted by molar-refractivity contribution is 6.36. The van der Waals surface area contributed by atoms with Gasteiger partial charge in [-0.15, -0.1) is 0 Å². The SMILES string of the molecule is [2H]c1c([2H])c([2H])c(-n2c3c([2H])cc(-c4ccccc4-c4nc(-c5ccccc5)nc(-c5ccc(-c6ccccc6)cc5)n4)c4c5c([2H])c([2H])c([2H])c([2H])c5c5c([2H])c([2H])c([2H])c2c5c43)c([2H])c1[2H]. The lowest BCUT2D eigenvalue weighted by molar-refractivity contribution is 1.07. The van der Waals surface area contributed by atoms with Crippen LogP contribution in [0.25, 0.3) is 105 Å². The Morgan fingerprint density at radius 1 is 0.345 bits per heavy atom. The summed E-state index contributed by atoms with van der Waals surface area (Å²) < 4.78 is 119. The molecule has 0 amide bonds. The highest BCUT2D eigenvalue weighted by Crippen LogP contribution is 2.48. The van der Waals surface area contributed by atoms with Crippen molar-refractivity contribution < 1.29 is 17.8 Å². The lowest BCUT2D eigenvalue weighted by atomic mass is 9.88. The Morgan fingerprint density at radius 3 is 1.62 bits per heavy atom. The maximum absolute atomic E-state index is 9.82. The second-order valence-corrected chi connectivity index (χ2v) is 13.0. The minimum Gasteiger partial charge on any atom is -0.309 e. The monoisotopic (exact) mass is 713 g/mol. The average molecular weight is 714 g/mol. The van der Waals surface area contributed by atoms with E-state index >= 15 is 0 Å². The van der Waals surface area contributed by atoms with E-state index in [0.717, 1.165) is 11.1 Å². The minimum atomic E-state index is -0.681. The molecule has 2 aromatic heterocycles. The van der Waals surface area contributed by atoms with Crippen molar-refractivity contribution in [1.82, 2.24) is 19.5 Å². The number of hydrogen-bond donors (Lipinski definition) is 0. The van der Waals surface area contributed by atoms with E-state index in [9.17, 15) is 6.85 Å². The molecule has 4 nitrogen and oxygen atoms in total. The Balaban J connectivity index is 1.29. The van der Waals surface area contributed by atoms with Gasteiger partial charge in [-0.3, -0.25) is 0 Å². The molecule has 4 heteroatoms. The van der Waals surface area contributed by atoms with Crippen LogP contribution in [0, 0.1) is 0 Å². The second kappa shape index (κ2) is 12.6. The molecule has 0 aliphatic carbocycles. The summed E-state index contributed by atoms with van der Waals surface area (Å²) in [5.41, 5.74) is 4.01. The number of nitrogens with zero attached hydrogens (tertiary/aromatic N) is 4. The standard InChI is InChI=1S/C51H32N4/c1-4-15-33(16-5-1)34-27-29-36(30-28-34)50-52-49(35-17-6-2-7-18-35)53-51(54-50)43-24-13-11-22-39(43)42-31-32-45-48-46(42)40-23-12-10-21-38(40)41-25-14-26-44(47(41)48)55(45)37-19-8-3-9-20-37/h1-32H/i3D,8D,9D,10D,12D,14D,19D,20D,21D,23D,25D,26D,32D. The first-order chi connectivity index (χ1) is 32.7. The van der Waals surface area contributed by atoms with E-state index in [1.807, 2.05) is 84.9 Å². The van der Waals surface area contributed by atoms with Crippen LogP contribution in [-0.4, -0.2) is 19.5 Å². The predicted molar refractivity (Wildman–Crippen MR) is 228 cm³/mol. The van der Waals surface area contributed by atoms with Crippen molar-refractivity contribution in [3.05, 3.63) is 194 Å². The van der Waals surface area contributed by atoms with E-state index in [2.05, 4.69) is 0 Å². The summed E-state index contributed by atoms with van der Waals surface area (Å²) in [6.45, 7) is 0. The Morgan fingerprint density at radius 2 is 0.873 bits per heavy atom. The fourth-order valence-electron chi connectivity index (χ4n) is 7.50. The summed E-state index contributed by atoms with van der Waals surface area (Å²) in [5.74, 6) is 0.974. The smallest absolute Gasteiger partial charge is 0.164 e. The van der Waals surface area contributed by atoms with E-state index in [0.29, 0.717) is 39.5 Å². The topological polar surface area (TPSA) is 43.6 Å². The molecule has 0 spiro atoms. The molecule has 2 heterocycles. The number of benzene rings is 9. The summed E-state index contributed by atoms with van der Waals surface area (Å²) in [5, 5.41) is 0.119. The van der Waals surface area contributed by atoms with Crippen LogP contribution >= 0.6 is 0 Å². The summed E-state index contributed by atoms with van der Waals surface area (Å²) >= 11 is 0. The third-order valence-electron chi connectivity index (χ3n) is 9.94. The summed E-state index contributed by atoms with van der Waals surface area (Å²) in [6, 6.07) is 28.4. The van der Waals surface area contributed by atoms with Gasteiger partial charge in [0.2, 0.25) is 0 Å². The van der Waals surface area contributed by atoms with Gasteiger partial charge in [0.1, 0.15) is 0 Å². The van der Waals surface area contributed by atoms with Crippen LogP contribution in [0.5, 0.6) is 0 Å². The summed E-state index contributed by atoms with van der Waals surface area (Å²) in [7, 11) is 0. The number of rotatable bonds is 6. The maximum atomic E-state index is 9.82.